The summed E-state index contributed by atoms with van der Waals surface area (Å²) in [5, 5.41) is 0. The van der Waals surface area contributed by atoms with Gasteiger partial charge in [0.1, 0.15) is 19.5 Å². The van der Waals surface area contributed by atoms with Crippen LogP contribution < -0.4 is 0 Å². The molecule has 0 aromatic rings. The minimum atomic E-state index is -4.43. The third-order valence-corrected chi connectivity index (χ3v) is 2.17. The molecule has 1 heterocycles. The van der Waals surface area contributed by atoms with Gasteiger partial charge in [-0.05, 0) is 12.5 Å². The van der Waals surface area contributed by atoms with Crippen molar-refractivity contribution in [3.8, 4) is 0 Å². The van der Waals surface area contributed by atoms with E-state index in [1.165, 1.54) is 6.92 Å². The van der Waals surface area contributed by atoms with Crippen LogP contribution in [0, 0.1) is 0 Å². The van der Waals surface area contributed by atoms with Gasteiger partial charge in [-0.25, -0.2) is 0 Å². The van der Waals surface area contributed by atoms with E-state index < -0.39 is 18.4 Å². The fourth-order valence-corrected chi connectivity index (χ4v) is 1.10. The van der Waals surface area contributed by atoms with Crippen molar-refractivity contribution >= 4 is 5.78 Å². The van der Waals surface area contributed by atoms with Crippen LogP contribution in [0.5, 0.6) is 0 Å². The summed E-state index contributed by atoms with van der Waals surface area (Å²) in [4.78, 5) is 11.0. The molecule has 98 valence electrons. The van der Waals surface area contributed by atoms with Crippen LogP contribution in [0.4, 0.5) is 13.2 Å². The van der Waals surface area contributed by atoms with Crippen LogP contribution in [-0.2, 0) is 19.0 Å². The van der Waals surface area contributed by atoms with Crippen molar-refractivity contribution in [2.45, 2.75) is 25.3 Å². The molecule has 0 aromatic carbocycles. The fraction of sp³-hybridized carbons (Fsp3) is 0.700. The molecule has 2 unspecified atom stereocenters. The Labute approximate surface area is 96.3 Å². The normalized spacial score (nSPS) is 24.2. The number of ether oxygens (including phenoxy) is 3. The molecular weight excluding hydrogens is 241 g/mol. The van der Waals surface area contributed by atoms with E-state index in [1.807, 2.05) is 0 Å². The molecule has 0 saturated carbocycles. The number of rotatable bonds is 6. The minimum absolute atomic E-state index is 0.123. The number of carbonyl (C=O) groups is 1. The van der Waals surface area contributed by atoms with Crippen molar-refractivity contribution in [1.82, 2.24) is 0 Å². The maximum absolute atomic E-state index is 12.2. The highest BCUT2D eigenvalue weighted by molar-refractivity contribution is 5.95. The molecule has 0 N–H and O–H groups in total. The van der Waals surface area contributed by atoms with E-state index in [9.17, 15) is 18.0 Å². The Kier molecular flexibility index (Phi) is 4.67. The summed E-state index contributed by atoms with van der Waals surface area (Å²) in [5.74, 6) is -0.314. The van der Waals surface area contributed by atoms with Crippen LogP contribution in [-0.4, -0.2) is 44.2 Å². The van der Waals surface area contributed by atoms with E-state index in [0.29, 0.717) is 5.57 Å². The Hall–Kier alpha value is -0.920. The highest BCUT2D eigenvalue weighted by Gasteiger charge is 2.52. The smallest absolute Gasteiger partial charge is 0.363 e. The van der Waals surface area contributed by atoms with Gasteiger partial charge in [0, 0.05) is 0 Å². The van der Waals surface area contributed by atoms with E-state index in [1.54, 1.807) is 0 Å². The lowest BCUT2D eigenvalue weighted by molar-refractivity contribution is -0.321. The highest BCUT2D eigenvalue weighted by Crippen LogP contribution is 2.32. The summed E-state index contributed by atoms with van der Waals surface area (Å²) in [6.07, 6.45) is -7.39. The third kappa shape index (κ3) is 4.10. The summed E-state index contributed by atoms with van der Waals surface area (Å²) in [7, 11) is 0. The van der Waals surface area contributed by atoms with Crippen LogP contribution in [0.25, 0.3) is 0 Å². The summed E-state index contributed by atoms with van der Waals surface area (Å²) < 4.78 is 50.5. The van der Waals surface area contributed by atoms with Crippen molar-refractivity contribution in [2.24, 2.45) is 0 Å². The van der Waals surface area contributed by atoms with Gasteiger partial charge in [0.05, 0.1) is 6.61 Å². The summed E-state index contributed by atoms with van der Waals surface area (Å²) >= 11 is 0. The minimum Gasteiger partial charge on any atom is -0.363 e. The molecule has 2 atom stereocenters. The van der Waals surface area contributed by atoms with Crippen LogP contribution >= 0.6 is 0 Å². The number of carbonyl (C=O) groups excluding carboxylic acids is 1. The average molecular weight is 254 g/mol. The molecule has 1 saturated heterocycles. The maximum Gasteiger partial charge on any atom is 0.417 e. The quantitative estimate of drug-likeness (QED) is 0.409. The van der Waals surface area contributed by atoms with Gasteiger partial charge in [-0.1, -0.05) is 6.58 Å². The number of ketones is 1. The SMILES string of the molecule is C=C(C)C(=O)COCOC1COC1C(F)(F)F. The molecule has 0 spiro atoms. The average Bonchev–Trinajstić information content (AvgIpc) is 2.12. The molecule has 7 heteroatoms. The Morgan fingerprint density at radius 2 is 2.18 bits per heavy atom. The molecule has 1 rings (SSSR count). The van der Waals surface area contributed by atoms with E-state index in [4.69, 9.17) is 9.47 Å². The van der Waals surface area contributed by atoms with Gasteiger partial charge in [0.25, 0.3) is 0 Å². The largest absolute Gasteiger partial charge is 0.417 e. The van der Waals surface area contributed by atoms with Crippen LogP contribution in [0.2, 0.25) is 0 Å². The first-order valence-corrected chi connectivity index (χ1v) is 4.88. The predicted molar refractivity (Wildman–Crippen MR) is 51.3 cm³/mol. The van der Waals surface area contributed by atoms with Crippen molar-refractivity contribution in [1.29, 1.82) is 0 Å². The highest BCUT2D eigenvalue weighted by atomic mass is 19.4. The van der Waals surface area contributed by atoms with Crippen LogP contribution in [0.3, 0.4) is 0 Å². The topological polar surface area (TPSA) is 44.8 Å². The molecule has 0 aliphatic carbocycles. The van der Waals surface area contributed by atoms with Crippen molar-refractivity contribution in [2.75, 3.05) is 20.0 Å². The number of hydrogen-bond acceptors (Lipinski definition) is 4. The van der Waals surface area contributed by atoms with Gasteiger partial charge in [-0.3, -0.25) is 4.79 Å². The second kappa shape index (κ2) is 5.61. The third-order valence-electron chi connectivity index (χ3n) is 2.17. The Morgan fingerprint density at radius 1 is 1.53 bits per heavy atom. The molecule has 1 aliphatic rings. The first-order valence-electron chi connectivity index (χ1n) is 4.88. The lowest BCUT2D eigenvalue weighted by Crippen LogP contribution is -2.55. The Morgan fingerprint density at radius 3 is 2.59 bits per heavy atom. The summed E-state index contributed by atoms with van der Waals surface area (Å²) in [6.45, 7) is 4.17. The van der Waals surface area contributed by atoms with Crippen molar-refractivity contribution in [3.05, 3.63) is 12.2 Å². The van der Waals surface area contributed by atoms with Gasteiger partial charge >= 0.3 is 6.18 Å². The Balaban J connectivity index is 2.16. The van der Waals surface area contributed by atoms with E-state index in [2.05, 4.69) is 11.3 Å². The summed E-state index contributed by atoms with van der Waals surface area (Å²) in [5.41, 5.74) is 0.324. The van der Waals surface area contributed by atoms with Crippen LogP contribution in [0.1, 0.15) is 6.92 Å². The zero-order valence-electron chi connectivity index (χ0n) is 9.25. The monoisotopic (exact) mass is 254 g/mol. The second-order valence-corrected chi connectivity index (χ2v) is 3.67. The second-order valence-electron chi connectivity index (χ2n) is 3.67. The molecule has 0 amide bonds. The van der Waals surface area contributed by atoms with E-state index in [0.717, 1.165) is 0 Å². The number of alkyl halides is 3. The van der Waals surface area contributed by atoms with Gasteiger partial charge in [-0.2, -0.15) is 13.2 Å². The standard InChI is InChI=1S/C10H13F3O4/c1-6(2)7(14)3-15-5-17-8-4-16-9(8)10(11,12)13/h8-9H,1,3-5H2,2H3. The zero-order chi connectivity index (χ0) is 13.1. The molecule has 0 bridgehead atoms. The maximum atomic E-state index is 12.2. The zero-order valence-corrected chi connectivity index (χ0v) is 9.25. The lowest BCUT2D eigenvalue weighted by atomic mass is 10.1. The van der Waals surface area contributed by atoms with Gasteiger partial charge < -0.3 is 14.2 Å². The van der Waals surface area contributed by atoms with Crippen molar-refractivity contribution < 1.29 is 32.2 Å². The van der Waals surface area contributed by atoms with Crippen molar-refractivity contribution in [3.63, 3.8) is 0 Å². The molecule has 0 aromatic heterocycles. The molecule has 4 nitrogen and oxygen atoms in total. The molecule has 1 fully saturated rings. The van der Waals surface area contributed by atoms with Gasteiger partial charge in [0.2, 0.25) is 0 Å². The first-order chi connectivity index (χ1) is 7.82. The van der Waals surface area contributed by atoms with E-state index in [-0.39, 0.29) is 25.8 Å². The predicted octanol–water partition coefficient (Wildman–Crippen LogP) is 1.45. The first kappa shape index (κ1) is 14.1. The lowest BCUT2D eigenvalue weighted by Gasteiger charge is -2.37. The molecular formula is C10H13F3O4. The molecule has 1 aliphatic heterocycles. The fourth-order valence-electron chi connectivity index (χ4n) is 1.10. The van der Waals surface area contributed by atoms with E-state index >= 15 is 0 Å². The Bertz CT molecular complexity index is 300. The molecule has 0 radical (unpaired) electrons. The number of Topliss-reactive ketones (excluding diaryl/α,β-unsaturated/α-hetero) is 1. The van der Waals surface area contributed by atoms with Gasteiger partial charge in [-0.15, -0.1) is 0 Å². The van der Waals surface area contributed by atoms with Crippen LogP contribution in [0.15, 0.2) is 12.2 Å². The summed E-state index contributed by atoms with van der Waals surface area (Å²) in [6, 6.07) is 0. The number of hydrogen-bond donors (Lipinski definition) is 0. The number of halogens is 3. The molecule has 17 heavy (non-hydrogen) atoms. The van der Waals surface area contributed by atoms with Gasteiger partial charge in [0.15, 0.2) is 11.9 Å².